The molecular formula is C54H34N2O. The Labute approximate surface area is 375 Å². The van der Waals surface area contributed by atoms with Crippen LogP contribution < -0.4 is 0 Å². The summed E-state index contributed by atoms with van der Waals surface area (Å²) in [7, 11) is 0. The molecule has 0 radical (unpaired) electrons. The second kappa shape index (κ2) is 12.5. The predicted octanol–water partition coefficient (Wildman–Crippen LogP) is 14.8. The van der Waals surface area contributed by atoms with E-state index in [9.17, 15) is 20.6 Å². The van der Waals surface area contributed by atoms with E-state index in [0.29, 0.717) is 0 Å². The van der Waals surface area contributed by atoms with Crippen molar-refractivity contribution < 1.29 is 49.7 Å². The fourth-order valence-corrected chi connectivity index (χ4v) is 6.86. The van der Waals surface area contributed by atoms with Gasteiger partial charge in [-0.1, -0.05) is 151 Å². The molecule has 12 aromatic rings. The van der Waals surface area contributed by atoms with E-state index in [1.807, 2.05) is 0 Å². The molecule has 12 rings (SSSR count). The maximum atomic E-state index is 10.0. The monoisotopic (exact) mass is 759 g/mol. The summed E-state index contributed by atoms with van der Waals surface area (Å²) in [5, 5.41) is -3.53. The minimum absolute atomic E-state index is 0.341. The van der Waals surface area contributed by atoms with Gasteiger partial charge in [-0.15, -0.1) is 0 Å². The largest absolute Gasteiger partial charge is 0.453 e. The summed E-state index contributed by atoms with van der Waals surface area (Å²) in [4.78, 5) is 0. The molecule has 9 aromatic carbocycles. The van der Waals surface area contributed by atoms with Crippen molar-refractivity contribution in [3.05, 3.63) is 205 Å². The van der Waals surface area contributed by atoms with Crippen molar-refractivity contribution in [1.29, 1.82) is 0 Å². The molecule has 3 heterocycles. The number of aromatic nitrogens is 2. The highest BCUT2D eigenvalue weighted by Gasteiger charge is 2.20. The second-order valence-electron chi connectivity index (χ2n) is 12.3. The lowest BCUT2D eigenvalue weighted by molar-refractivity contribution is 0.667. The van der Waals surface area contributed by atoms with Crippen LogP contribution in [0.15, 0.2) is 210 Å². The zero-order chi connectivity index (χ0) is 66.2. The molecule has 0 aliphatic carbocycles. The molecule has 57 heavy (non-hydrogen) atoms. The van der Waals surface area contributed by atoms with Crippen LogP contribution in [0.4, 0.5) is 0 Å². The minimum Gasteiger partial charge on any atom is -0.453 e. The van der Waals surface area contributed by atoms with E-state index < -0.39 is 304 Å². The molecule has 3 heteroatoms. The fraction of sp³-hybridized carbons (Fsp3) is 0. The number of hydrogen-bond donors (Lipinski definition) is 0. The first-order valence-corrected chi connectivity index (χ1v) is 16.8. The summed E-state index contributed by atoms with van der Waals surface area (Å²) in [5.41, 5.74) is -10.1. The zero-order valence-corrected chi connectivity index (χ0v) is 28.4. The molecule has 0 fully saturated rings. The molecule has 0 saturated heterocycles. The summed E-state index contributed by atoms with van der Waals surface area (Å²) in [6.45, 7) is 0. The van der Waals surface area contributed by atoms with Gasteiger partial charge in [0.15, 0.2) is 5.58 Å². The Bertz CT molecular complexity index is 5380. The molecule has 0 atom stereocenters. The molecule has 3 nitrogen and oxygen atoms in total. The highest BCUT2D eigenvalue weighted by Crippen LogP contribution is 2.42. The van der Waals surface area contributed by atoms with Gasteiger partial charge in [-0.05, 0) is 82.2 Å². The fourth-order valence-electron chi connectivity index (χ4n) is 6.86. The molecule has 0 bridgehead atoms. The van der Waals surface area contributed by atoms with E-state index in [0.717, 1.165) is 15.2 Å². The first kappa shape index (κ1) is 13.3. The molecule has 3 aromatic heterocycles. The van der Waals surface area contributed by atoms with E-state index in [4.69, 9.17) is 29.1 Å². The van der Waals surface area contributed by atoms with Gasteiger partial charge in [0.2, 0.25) is 0 Å². The van der Waals surface area contributed by atoms with Crippen LogP contribution in [0.1, 0.15) is 45.2 Å². The van der Waals surface area contributed by atoms with Crippen molar-refractivity contribution in [3.8, 4) is 44.8 Å². The Kier molecular flexibility index (Phi) is 2.90. The Hall–Kier alpha value is -7.62. The summed E-state index contributed by atoms with van der Waals surface area (Å²) in [5.74, 6) is 0. The molecular weight excluding hydrogens is 693 g/mol. The van der Waals surface area contributed by atoms with Crippen molar-refractivity contribution in [2.45, 2.75) is 0 Å². The topological polar surface area (TPSA) is 23.0 Å². The van der Waals surface area contributed by atoms with E-state index >= 15 is 0 Å². The lowest BCUT2D eigenvalue weighted by atomic mass is 9.99. The molecule has 0 unspecified atom stereocenters. The third-order valence-corrected chi connectivity index (χ3v) is 9.29. The van der Waals surface area contributed by atoms with Gasteiger partial charge >= 0.3 is 0 Å². The van der Waals surface area contributed by atoms with E-state index in [-0.39, 0.29) is 5.52 Å². The molecule has 0 N–H and O–H groups in total. The molecule has 0 aliphatic rings. The standard InChI is InChI=1S/C54H34N2O/c1-3-13-35(14-4-1)36-25-27-37(28-26-36)41-19-11-20-44-45-21-12-24-52(54(45)57-53(41)44)56-49-23-10-8-18-43(49)47-34-39(30-32-51(47)56)38-29-31-50-46(33-38)42-17-7-9-22-48(42)55(50)40-15-5-2-6-16-40/h1-34H/i1D,2D,3D,4D,5D,6D,7D,8D,9D,10D,11D,12D,13D,14D,15D,16D,17D,18D,19D,20D,21D,23D,24D,25D,26D,27D,28D,29D,30D,31D,32D,33D,34D. The van der Waals surface area contributed by atoms with Gasteiger partial charge in [0, 0.05) is 43.6 Å². The smallest absolute Gasteiger partial charge is 0.159 e. The summed E-state index contributed by atoms with van der Waals surface area (Å²) < 4.78 is 306. The van der Waals surface area contributed by atoms with Crippen LogP contribution >= 0.6 is 0 Å². The molecule has 0 amide bonds. The number of furan rings is 1. The third kappa shape index (κ3) is 4.86. The Morgan fingerprint density at radius 2 is 0.860 bits per heavy atom. The van der Waals surface area contributed by atoms with Gasteiger partial charge in [0.25, 0.3) is 0 Å². The minimum atomic E-state index is -1.08. The maximum Gasteiger partial charge on any atom is 0.159 e. The molecule has 0 spiro atoms. The molecule has 0 aliphatic heterocycles. The van der Waals surface area contributed by atoms with Crippen molar-refractivity contribution in [1.82, 2.24) is 9.13 Å². The van der Waals surface area contributed by atoms with Crippen LogP contribution in [0.3, 0.4) is 0 Å². The number of hydrogen-bond acceptors (Lipinski definition) is 1. The van der Waals surface area contributed by atoms with E-state index in [2.05, 4.69) is 0 Å². The first-order valence-electron chi connectivity index (χ1n) is 33.3. The average molecular weight is 760 g/mol. The molecule has 266 valence electrons. The first-order chi connectivity index (χ1) is 42.0. The van der Waals surface area contributed by atoms with Gasteiger partial charge in [-0.25, -0.2) is 0 Å². The van der Waals surface area contributed by atoms with Crippen LogP contribution in [0, 0.1) is 0 Å². The second-order valence-corrected chi connectivity index (χ2v) is 12.3. The summed E-state index contributed by atoms with van der Waals surface area (Å²) in [6, 6.07) is -29.6. The van der Waals surface area contributed by atoms with Crippen LogP contribution in [-0.2, 0) is 0 Å². The Morgan fingerprint density at radius 1 is 0.333 bits per heavy atom. The van der Waals surface area contributed by atoms with Crippen LogP contribution in [-0.4, -0.2) is 9.13 Å². The summed E-state index contributed by atoms with van der Waals surface area (Å²) in [6.07, 6.45) is 0. The van der Waals surface area contributed by atoms with E-state index in [1.165, 1.54) is 0 Å². The van der Waals surface area contributed by atoms with Crippen molar-refractivity contribution in [3.63, 3.8) is 0 Å². The normalized spacial score (nSPS) is 20.0. The van der Waals surface area contributed by atoms with Crippen molar-refractivity contribution >= 4 is 65.6 Å². The number of para-hydroxylation sites is 5. The third-order valence-electron chi connectivity index (χ3n) is 9.29. The summed E-state index contributed by atoms with van der Waals surface area (Å²) >= 11 is 0. The van der Waals surface area contributed by atoms with Crippen LogP contribution in [0.2, 0.25) is 0 Å². The van der Waals surface area contributed by atoms with Crippen molar-refractivity contribution in [2.75, 3.05) is 0 Å². The zero-order valence-electron chi connectivity index (χ0n) is 61.4. The van der Waals surface area contributed by atoms with Gasteiger partial charge in [0.05, 0.1) is 73.0 Å². The lowest BCUT2D eigenvalue weighted by Crippen LogP contribution is -1.94. The predicted molar refractivity (Wildman–Crippen MR) is 239 cm³/mol. The molecule has 0 saturated carbocycles. The van der Waals surface area contributed by atoms with Gasteiger partial charge < -0.3 is 13.6 Å². The van der Waals surface area contributed by atoms with E-state index in [1.54, 1.807) is 0 Å². The van der Waals surface area contributed by atoms with Crippen LogP contribution in [0.25, 0.3) is 110 Å². The van der Waals surface area contributed by atoms with Gasteiger partial charge in [-0.3, -0.25) is 0 Å². The number of fused-ring (bicyclic) bond motifs is 9. The highest BCUT2D eigenvalue weighted by atomic mass is 16.3. The van der Waals surface area contributed by atoms with Gasteiger partial charge in [-0.2, -0.15) is 0 Å². The van der Waals surface area contributed by atoms with Gasteiger partial charge in [0.1, 0.15) is 5.58 Å². The highest BCUT2D eigenvalue weighted by molar-refractivity contribution is 6.15. The lowest BCUT2D eigenvalue weighted by Gasteiger charge is -2.10. The quantitative estimate of drug-likeness (QED) is 0.171. The number of nitrogens with zero attached hydrogens (tertiary/aromatic N) is 2. The number of rotatable bonds is 5. The van der Waals surface area contributed by atoms with Crippen molar-refractivity contribution in [2.24, 2.45) is 0 Å². The van der Waals surface area contributed by atoms with Crippen LogP contribution in [0.5, 0.6) is 0 Å². The Balaban J connectivity index is 1.23. The maximum absolute atomic E-state index is 10.0. The Morgan fingerprint density at radius 3 is 1.61 bits per heavy atom. The SMILES string of the molecule is [2H]c1cc2c(c([2H])c1[2H])c1c([2H])c(-c3c([2H])c([2H])c4c(c3[2H])c3c([2H])c([2H])c([2H])c([2H])c3n4-c3c([2H])c([2H])c([2H])c4c3oc3c(-c5c([2H])c([2H])c(-c6c([2H])c([2H])c([2H])c([2H])c6[2H])c([2H])c5[2H])c([2H])c([2H])c([2H])c34)c([2H])c([2H])c1n2-c1c([2H])c([2H])c([2H])c([2H])c1[2H]. The average Bonchev–Trinajstić information content (AvgIpc) is 1.65. The number of benzene rings is 9.